The van der Waals surface area contributed by atoms with Crippen LogP contribution >= 0.6 is 0 Å². The molecule has 0 spiro atoms. The van der Waals surface area contributed by atoms with Crippen molar-refractivity contribution in [1.82, 2.24) is 24.6 Å². The molecule has 0 atom stereocenters. The van der Waals surface area contributed by atoms with Crippen LogP contribution < -0.4 is 9.64 Å². The number of hydrogen-bond acceptors (Lipinski definition) is 6. The molecule has 1 saturated heterocycles. The van der Waals surface area contributed by atoms with E-state index >= 15 is 0 Å². The second-order valence-corrected chi connectivity index (χ2v) is 6.12. The second kappa shape index (κ2) is 6.07. The van der Waals surface area contributed by atoms with E-state index in [0.29, 0.717) is 5.88 Å². The Morgan fingerprint density at radius 1 is 1.12 bits per heavy atom. The number of anilines is 1. The number of nitrogens with zero attached hydrogens (tertiary/aromatic N) is 6. The van der Waals surface area contributed by atoms with Crippen LogP contribution in [0.5, 0.6) is 5.88 Å². The maximum atomic E-state index is 6.06. The maximum absolute atomic E-state index is 6.06. The standard InChI is InChI=1S/C17H20N6O/c1-12-11-18-13(2)17(20-12)22-8-4-14(5-9-22)24-16-6-10-23-15(21-16)3-7-19-23/h3,6-7,10-11,14H,4-5,8-9H2,1-2H3. The summed E-state index contributed by atoms with van der Waals surface area (Å²) in [7, 11) is 0. The number of hydrogen-bond donors (Lipinski definition) is 0. The average Bonchev–Trinajstić information content (AvgIpc) is 3.06. The zero-order valence-electron chi connectivity index (χ0n) is 13.9. The minimum atomic E-state index is 0.178. The van der Waals surface area contributed by atoms with Crippen molar-refractivity contribution < 1.29 is 4.74 Å². The molecule has 1 aliphatic rings. The highest BCUT2D eigenvalue weighted by Gasteiger charge is 2.23. The summed E-state index contributed by atoms with van der Waals surface area (Å²) in [6, 6.07) is 3.73. The van der Waals surface area contributed by atoms with Gasteiger partial charge in [-0.05, 0) is 13.8 Å². The fraction of sp³-hybridized carbons (Fsp3) is 0.412. The van der Waals surface area contributed by atoms with Gasteiger partial charge in [-0.1, -0.05) is 0 Å². The molecule has 0 saturated carbocycles. The van der Waals surface area contributed by atoms with Gasteiger partial charge in [0.25, 0.3) is 0 Å². The van der Waals surface area contributed by atoms with Crippen LogP contribution in [0.25, 0.3) is 5.65 Å². The van der Waals surface area contributed by atoms with Crippen molar-refractivity contribution in [2.75, 3.05) is 18.0 Å². The van der Waals surface area contributed by atoms with Gasteiger partial charge in [-0.25, -0.2) is 9.50 Å². The molecule has 3 aromatic heterocycles. The Labute approximate surface area is 140 Å². The third-order valence-electron chi connectivity index (χ3n) is 4.31. The van der Waals surface area contributed by atoms with Crippen LogP contribution in [0.4, 0.5) is 5.82 Å². The first kappa shape index (κ1) is 14.9. The molecule has 1 aliphatic heterocycles. The predicted octanol–water partition coefficient (Wildman–Crippen LogP) is 2.18. The van der Waals surface area contributed by atoms with Crippen molar-refractivity contribution in [1.29, 1.82) is 0 Å². The molecular weight excluding hydrogens is 304 g/mol. The predicted molar refractivity (Wildman–Crippen MR) is 90.4 cm³/mol. The van der Waals surface area contributed by atoms with E-state index in [1.54, 1.807) is 10.7 Å². The molecule has 0 radical (unpaired) electrons. The van der Waals surface area contributed by atoms with E-state index in [2.05, 4.69) is 25.0 Å². The lowest BCUT2D eigenvalue weighted by Crippen LogP contribution is -2.39. The van der Waals surface area contributed by atoms with Gasteiger partial charge >= 0.3 is 0 Å². The number of aryl methyl sites for hydroxylation is 2. The van der Waals surface area contributed by atoms with Gasteiger partial charge in [0.2, 0.25) is 5.88 Å². The van der Waals surface area contributed by atoms with Crippen LogP contribution in [-0.2, 0) is 0 Å². The Hall–Kier alpha value is -2.70. The molecule has 0 bridgehead atoms. The molecule has 7 nitrogen and oxygen atoms in total. The molecule has 0 amide bonds. The molecule has 0 aromatic carbocycles. The Kier molecular flexibility index (Phi) is 3.76. The molecule has 0 unspecified atom stereocenters. The lowest BCUT2D eigenvalue weighted by Gasteiger charge is -2.33. The summed E-state index contributed by atoms with van der Waals surface area (Å²) in [6.07, 6.45) is 7.49. The van der Waals surface area contributed by atoms with Gasteiger partial charge in [0.15, 0.2) is 5.65 Å². The molecule has 4 rings (SSSR count). The molecule has 124 valence electrons. The van der Waals surface area contributed by atoms with Crippen molar-refractivity contribution >= 4 is 11.5 Å². The number of rotatable bonds is 3. The van der Waals surface area contributed by atoms with Crippen LogP contribution in [0.15, 0.2) is 30.7 Å². The smallest absolute Gasteiger partial charge is 0.217 e. The monoisotopic (exact) mass is 324 g/mol. The summed E-state index contributed by atoms with van der Waals surface area (Å²) in [5.41, 5.74) is 2.73. The summed E-state index contributed by atoms with van der Waals surface area (Å²) in [5, 5.41) is 4.14. The maximum Gasteiger partial charge on any atom is 0.217 e. The Morgan fingerprint density at radius 3 is 2.79 bits per heavy atom. The summed E-state index contributed by atoms with van der Waals surface area (Å²) >= 11 is 0. The van der Waals surface area contributed by atoms with Crippen LogP contribution in [0.1, 0.15) is 24.2 Å². The van der Waals surface area contributed by atoms with Crippen LogP contribution in [0.3, 0.4) is 0 Å². The number of piperidine rings is 1. The Bertz CT molecular complexity index is 853. The molecule has 24 heavy (non-hydrogen) atoms. The van der Waals surface area contributed by atoms with E-state index in [0.717, 1.165) is 48.8 Å². The van der Waals surface area contributed by atoms with Gasteiger partial charge in [-0.3, -0.25) is 4.98 Å². The van der Waals surface area contributed by atoms with Gasteiger partial charge in [0.1, 0.15) is 11.9 Å². The highest BCUT2D eigenvalue weighted by atomic mass is 16.5. The SMILES string of the molecule is Cc1cnc(C)c(N2CCC(Oc3ccn4nccc4n3)CC2)n1. The zero-order valence-corrected chi connectivity index (χ0v) is 13.9. The quantitative estimate of drug-likeness (QED) is 0.735. The number of fused-ring (bicyclic) bond motifs is 1. The molecule has 7 heteroatoms. The van der Waals surface area contributed by atoms with Gasteiger partial charge in [-0.2, -0.15) is 10.1 Å². The minimum absolute atomic E-state index is 0.178. The molecule has 1 fully saturated rings. The molecular formula is C17H20N6O. The molecule has 0 aliphatic carbocycles. The first-order valence-electron chi connectivity index (χ1n) is 8.21. The average molecular weight is 324 g/mol. The van der Waals surface area contributed by atoms with Crippen molar-refractivity contribution in [3.05, 3.63) is 42.1 Å². The third kappa shape index (κ3) is 2.89. The fourth-order valence-corrected chi connectivity index (χ4v) is 3.04. The van der Waals surface area contributed by atoms with E-state index in [1.165, 1.54) is 0 Å². The van der Waals surface area contributed by atoms with Crippen LogP contribution in [-0.4, -0.2) is 43.8 Å². The van der Waals surface area contributed by atoms with Gasteiger partial charge in [-0.15, -0.1) is 0 Å². The number of ether oxygens (including phenoxy) is 1. The largest absolute Gasteiger partial charge is 0.474 e. The van der Waals surface area contributed by atoms with Crippen molar-refractivity contribution in [2.24, 2.45) is 0 Å². The van der Waals surface area contributed by atoms with E-state index in [4.69, 9.17) is 4.74 Å². The lowest BCUT2D eigenvalue weighted by atomic mass is 10.1. The highest BCUT2D eigenvalue weighted by Crippen LogP contribution is 2.23. The van der Waals surface area contributed by atoms with E-state index < -0.39 is 0 Å². The topological polar surface area (TPSA) is 68.4 Å². The second-order valence-electron chi connectivity index (χ2n) is 6.12. The third-order valence-corrected chi connectivity index (χ3v) is 4.31. The Morgan fingerprint density at radius 2 is 1.96 bits per heavy atom. The van der Waals surface area contributed by atoms with Crippen molar-refractivity contribution in [3.8, 4) is 5.88 Å². The summed E-state index contributed by atoms with van der Waals surface area (Å²) in [5.74, 6) is 1.65. The van der Waals surface area contributed by atoms with Gasteiger partial charge in [0.05, 0.1) is 17.6 Å². The number of aromatic nitrogens is 5. The molecule has 3 aromatic rings. The highest BCUT2D eigenvalue weighted by molar-refractivity contribution is 5.43. The van der Waals surface area contributed by atoms with Crippen molar-refractivity contribution in [3.63, 3.8) is 0 Å². The van der Waals surface area contributed by atoms with Gasteiger partial charge < -0.3 is 9.64 Å². The molecule has 4 heterocycles. The first-order valence-corrected chi connectivity index (χ1v) is 8.21. The van der Waals surface area contributed by atoms with Crippen LogP contribution in [0, 0.1) is 13.8 Å². The van der Waals surface area contributed by atoms with Gasteiger partial charge in [0, 0.05) is 50.5 Å². The van der Waals surface area contributed by atoms with E-state index in [9.17, 15) is 0 Å². The van der Waals surface area contributed by atoms with Crippen molar-refractivity contribution in [2.45, 2.75) is 32.8 Å². The molecule has 0 N–H and O–H groups in total. The lowest BCUT2D eigenvalue weighted by molar-refractivity contribution is 0.164. The first-order chi connectivity index (χ1) is 11.7. The summed E-state index contributed by atoms with van der Waals surface area (Å²) in [6.45, 7) is 5.82. The zero-order chi connectivity index (χ0) is 16.5. The van der Waals surface area contributed by atoms with Crippen LogP contribution in [0.2, 0.25) is 0 Å². The van der Waals surface area contributed by atoms with E-state index in [1.807, 2.05) is 38.4 Å². The fourth-order valence-electron chi connectivity index (χ4n) is 3.04. The Balaban J connectivity index is 1.41. The minimum Gasteiger partial charge on any atom is -0.474 e. The normalized spacial score (nSPS) is 15.8. The summed E-state index contributed by atoms with van der Waals surface area (Å²) in [4.78, 5) is 15.8. The van der Waals surface area contributed by atoms with E-state index in [-0.39, 0.29) is 6.10 Å². The summed E-state index contributed by atoms with van der Waals surface area (Å²) < 4.78 is 7.79.